The smallest absolute Gasteiger partial charge is 0.309 e. The Morgan fingerprint density at radius 2 is 1.12 bits per heavy atom. The summed E-state index contributed by atoms with van der Waals surface area (Å²) in [6.45, 7) is 1.31. The van der Waals surface area contributed by atoms with E-state index in [0.717, 1.165) is 22.3 Å². The van der Waals surface area contributed by atoms with Crippen molar-refractivity contribution < 1.29 is 28.5 Å². The third-order valence-electron chi connectivity index (χ3n) is 7.20. The fourth-order valence-corrected chi connectivity index (χ4v) is 5.00. The van der Waals surface area contributed by atoms with Gasteiger partial charge in [-0.1, -0.05) is 72.8 Å². The summed E-state index contributed by atoms with van der Waals surface area (Å²) in [6, 6.07) is 31.8. The molecule has 1 heterocycles. The van der Waals surface area contributed by atoms with Crippen LogP contribution in [0.1, 0.15) is 22.3 Å². The molecule has 0 radical (unpaired) electrons. The van der Waals surface area contributed by atoms with Gasteiger partial charge >= 0.3 is 5.97 Å². The second-order valence-electron chi connectivity index (χ2n) is 9.92. The molecule has 1 fully saturated rings. The Morgan fingerprint density at radius 1 is 0.625 bits per heavy atom. The van der Waals surface area contributed by atoms with Gasteiger partial charge in [0.15, 0.2) is 23.0 Å². The van der Waals surface area contributed by atoms with Gasteiger partial charge in [-0.2, -0.15) is 0 Å². The average Bonchev–Trinajstić information content (AvgIpc) is 3.34. The third kappa shape index (κ3) is 6.75. The minimum atomic E-state index is -0.249. The van der Waals surface area contributed by atoms with Gasteiger partial charge in [-0.3, -0.25) is 4.79 Å². The van der Waals surface area contributed by atoms with Crippen molar-refractivity contribution >= 4 is 5.97 Å². The van der Waals surface area contributed by atoms with Crippen molar-refractivity contribution in [3.8, 4) is 23.0 Å². The first-order chi connectivity index (χ1) is 19.6. The van der Waals surface area contributed by atoms with E-state index in [4.69, 9.17) is 23.7 Å². The van der Waals surface area contributed by atoms with Crippen LogP contribution in [-0.4, -0.2) is 26.8 Å². The zero-order valence-corrected chi connectivity index (χ0v) is 22.9. The van der Waals surface area contributed by atoms with Gasteiger partial charge in [-0.15, -0.1) is 0 Å². The molecule has 4 aromatic rings. The van der Waals surface area contributed by atoms with E-state index in [1.165, 1.54) is 0 Å². The molecule has 206 valence electrons. The number of methoxy groups -OCH3 is 2. The van der Waals surface area contributed by atoms with Crippen molar-refractivity contribution in [3.05, 3.63) is 119 Å². The van der Waals surface area contributed by atoms with Crippen LogP contribution in [0.15, 0.2) is 97.1 Å². The highest BCUT2D eigenvalue weighted by atomic mass is 16.5. The molecule has 2 atom stereocenters. The number of hydrogen-bond acceptors (Lipinski definition) is 6. The van der Waals surface area contributed by atoms with Crippen LogP contribution >= 0.6 is 0 Å². The molecule has 6 heteroatoms. The van der Waals surface area contributed by atoms with Crippen molar-refractivity contribution in [1.82, 2.24) is 0 Å². The normalized spacial score (nSPS) is 16.3. The van der Waals surface area contributed by atoms with Crippen LogP contribution in [0.3, 0.4) is 0 Å². The third-order valence-corrected chi connectivity index (χ3v) is 7.20. The zero-order chi connectivity index (χ0) is 27.7. The van der Waals surface area contributed by atoms with Crippen LogP contribution in [0.25, 0.3) is 0 Å². The summed E-state index contributed by atoms with van der Waals surface area (Å²) in [6.07, 6.45) is 1.26. The van der Waals surface area contributed by atoms with E-state index in [1.807, 2.05) is 97.1 Å². The fourth-order valence-electron chi connectivity index (χ4n) is 5.00. The first kappa shape index (κ1) is 27.1. The minimum absolute atomic E-state index is 0.0493. The van der Waals surface area contributed by atoms with Crippen LogP contribution < -0.4 is 18.9 Å². The molecule has 1 saturated heterocycles. The lowest BCUT2D eigenvalue weighted by Crippen LogP contribution is -2.20. The van der Waals surface area contributed by atoms with Crippen LogP contribution in [0.4, 0.5) is 0 Å². The molecule has 0 aromatic heterocycles. The van der Waals surface area contributed by atoms with Crippen molar-refractivity contribution in [2.45, 2.75) is 26.1 Å². The second-order valence-corrected chi connectivity index (χ2v) is 9.92. The van der Waals surface area contributed by atoms with Gasteiger partial charge in [0.1, 0.15) is 13.2 Å². The number of cyclic esters (lactones) is 1. The summed E-state index contributed by atoms with van der Waals surface area (Å²) in [4.78, 5) is 12.7. The van der Waals surface area contributed by atoms with Crippen LogP contribution in [0.2, 0.25) is 0 Å². The summed E-state index contributed by atoms with van der Waals surface area (Å²) < 4.78 is 28.7. The number of ether oxygens (including phenoxy) is 5. The summed E-state index contributed by atoms with van der Waals surface area (Å²) in [5, 5.41) is 0. The monoisotopic (exact) mass is 538 g/mol. The summed E-state index contributed by atoms with van der Waals surface area (Å²) in [5.41, 5.74) is 4.24. The van der Waals surface area contributed by atoms with Gasteiger partial charge in [-0.05, 0) is 59.4 Å². The number of carbonyl (C=O) groups is 1. The molecule has 0 saturated carbocycles. The van der Waals surface area contributed by atoms with E-state index in [0.29, 0.717) is 55.7 Å². The molecule has 40 heavy (non-hydrogen) atoms. The summed E-state index contributed by atoms with van der Waals surface area (Å²) in [5.74, 6) is 2.31. The highest BCUT2D eigenvalue weighted by Gasteiger charge is 2.37. The Labute approximate surface area is 235 Å². The Kier molecular flexibility index (Phi) is 8.86. The number of carbonyl (C=O) groups excluding carboxylic acids is 1. The Balaban J connectivity index is 1.23. The molecular weight excluding hydrogens is 504 g/mol. The van der Waals surface area contributed by atoms with E-state index in [1.54, 1.807) is 14.2 Å². The molecule has 0 unspecified atom stereocenters. The predicted molar refractivity (Wildman–Crippen MR) is 153 cm³/mol. The van der Waals surface area contributed by atoms with Crippen molar-refractivity contribution in [3.63, 3.8) is 0 Å². The van der Waals surface area contributed by atoms with Gasteiger partial charge < -0.3 is 23.7 Å². The number of benzene rings is 4. The van der Waals surface area contributed by atoms with E-state index < -0.39 is 0 Å². The SMILES string of the molecule is COc1cc(C[C@@H]2COC(=O)[C@H]2Cc2ccc(OCc3ccccc3)c(OC)c2)ccc1OCc1ccccc1. The lowest BCUT2D eigenvalue weighted by atomic mass is 9.85. The first-order valence-corrected chi connectivity index (χ1v) is 13.5. The highest BCUT2D eigenvalue weighted by Crippen LogP contribution is 2.35. The molecule has 0 bridgehead atoms. The molecule has 1 aliphatic rings. The molecule has 0 N–H and O–H groups in total. The molecular formula is C34H34O6. The number of rotatable bonds is 12. The molecule has 6 nitrogen and oxygen atoms in total. The van der Waals surface area contributed by atoms with E-state index in [9.17, 15) is 4.79 Å². The van der Waals surface area contributed by atoms with E-state index in [2.05, 4.69) is 0 Å². The first-order valence-electron chi connectivity index (χ1n) is 13.5. The van der Waals surface area contributed by atoms with Gasteiger partial charge in [0.25, 0.3) is 0 Å². The second kappa shape index (κ2) is 13.1. The standard InChI is InChI=1S/C34H34O6/c1-36-32-19-26(13-15-30(32)38-21-24-9-5-3-6-10-24)17-28-23-40-34(35)29(28)18-27-14-16-31(33(20-27)37-2)39-22-25-11-7-4-8-12-25/h3-16,19-20,28-29H,17-18,21-23H2,1-2H3/t28-,29+/m1/s1. The number of hydrogen-bond donors (Lipinski definition) is 0. The maximum Gasteiger partial charge on any atom is 0.309 e. The number of esters is 1. The lowest BCUT2D eigenvalue weighted by Gasteiger charge is -2.18. The molecule has 0 spiro atoms. The van der Waals surface area contributed by atoms with Crippen molar-refractivity contribution in [1.29, 1.82) is 0 Å². The molecule has 4 aromatic carbocycles. The molecule has 5 rings (SSSR count). The Hall–Kier alpha value is -4.45. The van der Waals surface area contributed by atoms with Gasteiger partial charge in [0, 0.05) is 5.92 Å². The van der Waals surface area contributed by atoms with Gasteiger partial charge in [0.2, 0.25) is 0 Å². The largest absolute Gasteiger partial charge is 0.493 e. The maximum atomic E-state index is 12.7. The maximum absolute atomic E-state index is 12.7. The Morgan fingerprint density at radius 3 is 1.62 bits per heavy atom. The summed E-state index contributed by atoms with van der Waals surface area (Å²) >= 11 is 0. The van der Waals surface area contributed by atoms with Gasteiger partial charge in [0.05, 0.1) is 26.7 Å². The fraction of sp³-hybridized carbons (Fsp3) is 0.265. The minimum Gasteiger partial charge on any atom is -0.493 e. The zero-order valence-electron chi connectivity index (χ0n) is 22.9. The topological polar surface area (TPSA) is 63.2 Å². The quantitative estimate of drug-likeness (QED) is 0.194. The Bertz CT molecular complexity index is 1400. The van der Waals surface area contributed by atoms with Crippen LogP contribution in [0, 0.1) is 11.8 Å². The van der Waals surface area contributed by atoms with Crippen LogP contribution in [-0.2, 0) is 35.6 Å². The van der Waals surface area contributed by atoms with Crippen molar-refractivity contribution in [2.24, 2.45) is 11.8 Å². The predicted octanol–water partition coefficient (Wildman–Crippen LogP) is 6.44. The van der Waals surface area contributed by atoms with E-state index >= 15 is 0 Å². The lowest BCUT2D eigenvalue weighted by molar-refractivity contribution is -0.141. The molecule has 1 aliphatic heterocycles. The van der Waals surface area contributed by atoms with E-state index in [-0.39, 0.29) is 17.8 Å². The highest BCUT2D eigenvalue weighted by molar-refractivity contribution is 5.75. The summed E-state index contributed by atoms with van der Waals surface area (Å²) in [7, 11) is 3.27. The molecule has 0 aliphatic carbocycles. The van der Waals surface area contributed by atoms with Crippen molar-refractivity contribution in [2.75, 3.05) is 20.8 Å². The molecule has 0 amide bonds. The van der Waals surface area contributed by atoms with Gasteiger partial charge in [-0.25, -0.2) is 0 Å². The average molecular weight is 539 g/mol. The van der Waals surface area contributed by atoms with Crippen LogP contribution in [0.5, 0.6) is 23.0 Å².